The molecule has 0 spiro atoms. The van der Waals surface area contributed by atoms with Gasteiger partial charge in [-0.1, -0.05) is 29.5 Å². The van der Waals surface area contributed by atoms with E-state index in [2.05, 4.69) is 43.4 Å². The van der Waals surface area contributed by atoms with E-state index in [1.165, 1.54) is 11.8 Å². The molecule has 0 saturated carbocycles. The Morgan fingerprint density at radius 1 is 1.17 bits per heavy atom. The summed E-state index contributed by atoms with van der Waals surface area (Å²) >= 11 is 3.51. The van der Waals surface area contributed by atoms with Crippen molar-refractivity contribution in [3.8, 4) is 0 Å². The molecule has 2 amide bonds. The first-order valence-corrected chi connectivity index (χ1v) is 11.3. The number of carbonyl (C=O) groups excluding carboxylic acids is 2. The Labute approximate surface area is 193 Å². The molecule has 0 unspecified atom stereocenters. The number of hydrogen-bond donors (Lipinski definition) is 2. The molecule has 0 bridgehead atoms. The Hall–Kier alpha value is -2.40. The lowest BCUT2D eigenvalue weighted by molar-refractivity contribution is -0.113. The molecule has 30 heavy (non-hydrogen) atoms. The van der Waals surface area contributed by atoms with Crippen molar-refractivity contribution >= 4 is 51.9 Å². The van der Waals surface area contributed by atoms with Crippen molar-refractivity contribution in [2.24, 2.45) is 7.05 Å². The average Bonchev–Trinajstić information content (AvgIpc) is 3.08. The molecule has 7 nitrogen and oxygen atoms in total. The van der Waals surface area contributed by atoms with E-state index in [1.54, 1.807) is 10.6 Å². The van der Waals surface area contributed by atoms with Crippen molar-refractivity contribution in [1.82, 2.24) is 20.1 Å². The van der Waals surface area contributed by atoms with E-state index in [-0.39, 0.29) is 23.6 Å². The van der Waals surface area contributed by atoms with E-state index in [0.717, 1.165) is 14.8 Å². The third-order valence-electron chi connectivity index (χ3n) is 4.34. The second kappa shape index (κ2) is 10.1. The van der Waals surface area contributed by atoms with Crippen LogP contribution in [0, 0.1) is 10.5 Å². The van der Waals surface area contributed by atoms with Crippen molar-refractivity contribution in [2.75, 3.05) is 11.1 Å². The van der Waals surface area contributed by atoms with Crippen molar-refractivity contribution in [1.29, 1.82) is 0 Å². The van der Waals surface area contributed by atoms with Crippen molar-refractivity contribution in [2.45, 2.75) is 25.0 Å². The Kier molecular flexibility index (Phi) is 7.48. The van der Waals surface area contributed by atoms with Gasteiger partial charge in [-0.2, -0.15) is 0 Å². The number of nitrogens with one attached hydrogen (secondary N) is 2. The van der Waals surface area contributed by atoms with Crippen molar-refractivity contribution < 1.29 is 9.59 Å². The van der Waals surface area contributed by atoms with Crippen LogP contribution in [-0.2, 0) is 11.8 Å². The molecule has 0 aliphatic heterocycles. The number of rotatable bonds is 7. The lowest BCUT2D eigenvalue weighted by atomic mass is 10.1. The van der Waals surface area contributed by atoms with Crippen LogP contribution in [-0.4, -0.2) is 32.3 Å². The van der Waals surface area contributed by atoms with Gasteiger partial charge >= 0.3 is 0 Å². The molecule has 0 saturated heterocycles. The lowest BCUT2D eigenvalue weighted by Gasteiger charge is -2.14. The Morgan fingerprint density at radius 2 is 1.90 bits per heavy atom. The molecule has 0 fully saturated rings. The van der Waals surface area contributed by atoms with Gasteiger partial charge in [0.1, 0.15) is 0 Å². The molecule has 3 rings (SSSR count). The molecular formula is C21H22IN5O2S. The summed E-state index contributed by atoms with van der Waals surface area (Å²) in [4.78, 5) is 24.7. The molecule has 0 radical (unpaired) electrons. The molecule has 2 aromatic carbocycles. The molecule has 3 aromatic rings. The largest absolute Gasteiger partial charge is 0.342 e. The molecule has 2 N–H and O–H groups in total. The first-order chi connectivity index (χ1) is 14.3. The molecular weight excluding hydrogens is 513 g/mol. The van der Waals surface area contributed by atoms with Gasteiger partial charge in [-0.05, 0) is 72.8 Å². The van der Waals surface area contributed by atoms with Gasteiger partial charge in [0.15, 0.2) is 11.0 Å². The predicted molar refractivity (Wildman–Crippen MR) is 127 cm³/mol. The van der Waals surface area contributed by atoms with Gasteiger partial charge in [0.25, 0.3) is 5.91 Å². The molecule has 1 atom stereocenters. The van der Waals surface area contributed by atoms with Crippen LogP contribution in [0.4, 0.5) is 5.69 Å². The van der Waals surface area contributed by atoms with E-state index in [9.17, 15) is 9.59 Å². The Bertz CT molecular complexity index is 1050. The van der Waals surface area contributed by atoms with Crippen LogP contribution in [0.5, 0.6) is 0 Å². The van der Waals surface area contributed by atoms with Gasteiger partial charge in [0.2, 0.25) is 5.91 Å². The van der Waals surface area contributed by atoms with Crippen molar-refractivity contribution in [3.63, 3.8) is 0 Å². The topological polar surface area (TPSA) is 88.9 Å². The van der Waals surface area contributed by atoms with Gasteiger partial charge in [-0.15, -0.1) is 10.2 Å². The van der Waals surface area contributed by atoms with E-state index in [0.29, 0.717) is 16.5 Å². The number of aromatic nitrogens is 3. The standard InChI is InChI=1S/C21H22IN5O2S/c1-13-5-4-6-15(11-13)20(29)23-14(2)19-25-26-21(27(19)3)30-12-18(28)24-17-9-7-16(22)8-10-17/h4-11,14H,12H2,1-3H3,(H,23,29)(H,24,28)/t14-/m1/s1. The number of aryl methyl sites for hydroxylation is 1. The number of benzene rings is 2. The fourth-order valence-corrected chi connectivity index (χ4v) is 3.90. The maximum Gasteiger partial charge on any atom is 0.251 e. The van der Waals surface area contributed by atoms with Gasteiger partial charge in [-0.25, -0.2) is 0 Å². The van der Waals surface area contributed by atoms with Crippen molar-refractivity contribution in [3.05, 3.63) is 69.1 Å². The maximum atomic E-state index is 12.5. The molecule has 1 heterocycles. The maximum absolute atomic E-state index is 12.5. The second-order valence-corrected chi connectivity index (χ2v) is 9.00. The number of carbonyl (C=O) groups is 2. The minimum atomic E-state index is -0.328. The van der Waals surface area contributed by atoms with E-state index in [4.69, 9.17) is 0 Å². The fraction of sp³-hybridized carbons (Fsp3) is 0.238. The molecule has 0 aliphatic carbocycles. The third kappa shape index (κ3) is 5.82. The van der Waals surface area contributed by atoms with Crippen LogP contribution < -0.4 is 10.6 Å². The number of halogens is 1. The monoisotopic (exact) mass is 535 g/mol. The minimum absolute atomic E-state index is 0.119. The van der Waals surface area contributed by atoms with E-state index < -0.39 is 0 Å². The van der Waals surface area contributed by atoms with Crippen LogP contribution in [0.25, 0.3) is 0 Å². The number of nitrogens with zero attached hydrogens (tertiary/aromatic N) is 3. The number of anilines is 1. The Balaban J connectivity index is 1.57. The van der Waals surface area contributed by atoms with Crippen LogP contribution in [0.2, 0.25) is 0 Å². The minimum Gasteiger partial charge on any atom is -0.342 e. The summed E-state index contributed by atoms with van der Waals surface area (Å²) in [7, 11) is 1.82. The normalized spacial score (nSPS) is 11.7. The van der Waals surface area contributed by atoms with Gasteiger partial charge in [-0.3, -0.25) is 9.59 Å². The fourth-order valence-electron chi connectivity index (χ4n) is 2.82. The zero-order chi connectivity index (χ0) is 21.7. The summed E-state index contributed by atoms with van der Waals surface area (Å²) in [5, 5.41) is 14.8. The molecule has 1 aromatic heterocycles. The van der Waals surface area contributed by atoms with E-state index >= 15 is 0 Å². The van der Waals surface area contributed by atoms with Crippen LogP contribution in [0.1, 0.15) is 34.7 Å². The SMILES string of the molecule is Cc1cccc(C(=O)N[C@H](C)c2nnc(SCC(=O)Nc3ccc(I)cc3)n2C)c1. The molecule has 0 aliphatic rings. The smallest absolute Gasteiger partial charge is 0.251 e. The zero-order valence-corrected chi connectivity index (χ0v) is 19.8. The van der Waals surface area contributed by atoms with Gasteiger partial charge in [0.05, 0.1) is 11.8 Å². The number of amides is 2. The van der Waals surface area contributed by atoms with Crippen LogP contribution >= 0.6 is 34.4 Å². The zero-order valence-electron chi connectivity index (χ0n) is 16.8. The van der Waals surface area contributed by atoms with Gasteiger partial charge in [0, 0.05) is 21.9 Å². The highest BCUT2D eigenvalue weighted by atomic mass is 127. The third-order valence-corrected chi connectivity index (χ3v) is 6.08. The summed E-state index contributed by atoms with van der Waals surface area (Å²) in [5.41, 5.74) is 2.38. The number of thioether (sulfide) groups is 1. The number of hydrogen-bond acceptors (Lipinski definition) is 5. The average molecular weight is 535 g/mol. The van der Waals surface area contributed by atoms with E-state index in [1.807, 2.05) is 63.4 Å². The summed E-state index contributed by atoms with van der Waals surface area (Å²) in [6.07, 6.45) is 0. The summed E-state index contributed by atoms with van der Waals surface area (Å²) < 4.78 is 2.90. The summed E-state index contributed by atoms with van der Waals surface area (Å²) in [6, 6.07) is 14.7. The highest BCUT2D eigenvalue weighted by molar-refractivity contribution is 14.1. The summed E-state index contributed by atoms with van der Waals surface area (Å²) in [6.45, 7) is 3.80. The highest BCUT2D eigenvalue weighted by Crippen LogP contribution is 2.20. The predicted octanol–water partition coefficient (Wildman–Crippen LogP) is 3.95. The highest BCUT2D eigenvalue weighted by Gasteiger charge is 2.19. The summed E-state index contributed by atoms with van der Waals surface area (Å²) in [5.74, 6) is 0.547. The second-order valence-electron chi connectivity index (χ2n) is 6.81. The first-order valence-electron chi connectivity index (χ1n) is 9.28. The quantitative estimate of drug-likeness (QED) is 0.354. The van der Waals surface area contributed by atoms with Crippen LogP contribution in [0.3, 0.4) is 0 Å². The van der Waals surface area contributed by atoms with Crippen LogP contribution in [0.15, 0.2) is 53.7 Å². The molecule has 156 valence electrons. The molecule has 9 heteroatoms. The lowest BCUT2D eigenvalue weighted by Crippen LogP contribution is -2.28. The van der Waals surface area contributed by atoms with Gasteiger partial charge < -0.3 is 15.2 Å². The Morgan fingerprint density at radius 3 is 2.60 bits per heavy atom. The first kappa shape index (κ1) is 22.3.